The second-order valence-electron chi connectivity index (χ2n) is 7.93. The normalized spacial score (nSPS) is 14.8. The van der Waals surface area contributed by atoms with E-state index in [0.29, 0.717) is 13.1 Å². The van der Waals surface area contributed by atoms with E-state index >= 15 is 0 Å². The minimum Gasteiger partial charge on any atom is -0.497 e. The van der Waals surface area contributed by atoms with Crippen LogP contribution in [0.25, 0.3) is 0 Å². The summed E-state index contributed by atoms with van der Waals surface area (Å²) in [6.45, 7) is 9.61. The standard InChI is InChI=1S/C22H29N3O2/c1-22(2,3)17-5-7-18(8-6-17)23-21(26)25-15-13-24(14-16-25)19-9-11-20(27-4)12-10-19/h5-12H,13-16H2,1-4H3,(H,23,26). The van der Waals surface area contributed by atoms with E-state index < -0.39 is 0 Å². The molecule has 0 unspecified atom stereocenters. The molecule has 144 valence electrons. The Balaban J connectivity index is 1.53. The van der Waals surface area contributed by atoms with E-state index in [2.05, 4.69) is 55.3 Å². The van der Waals surface area contributed by atoms with Crippen molar-refractivity contribution >= 4 is 17.4 Å². The van der Waals surface area contributed by atoms with Crippen LogP contribution in [0.1, 0.15) is 26.3 Å². The number of anilines is 2. The number of nitrogens with one attached hydrogen (secondary N) is 1. The van der Waals surface area contributed by atoms with Crippen LogP contribution in [0, 0.1) is 0 Å². The molecule has 0 radical (unpaired) electrons. The van der Waals surface area contributed by atoms with Gasteiger partial charge in [0.15, 0.2) is 0 Å². The molecule has 5 nitrogen and oxygen atoms in total. The van der Waals surface area contributed by atoms with Crippen LogP contribution in [0.4, 0.5) is 16.2 Å². The van der Waals surface area contributed by atoms with E-state index in [1.54, 1.807) is 7.11 Å². The molecule has 0 aromatic heterocycles. The third kappa shape index (κ3) is 4.73. The van der Waals surface area contributed by atoms with Gasteiger partial charge in [-0.1, -0.05) is 32.9 Å². The number of benzene rings is 2. The van der Waals surface area contributed by atoms with Crippen molar-refractivity contribution in [3.05, 3.63) is 54.1 Å². The third-order valence-corrected chi connectivity index (χ3v) is 5.01. The lowest BCUT2D eigenvalue weighted by atomic mass is 9.87. The summed E-state index contributed by atoms with van der Waals surface area (Å²) in [5.41, 5.74) is 3.37. The Morgan fingerprint density at radius 2 is 1.52 bits per heavy atom. The summed E-state index contributed by atoms with van der Waals surface area (Å²) >= 11 is 0. The Labute approximate surface area is 161 Å². The number of hydrogen-bond acceptors (Lipinski definition) is 3. The molecule has 0 aliphatic carbocycles. The van der Waals surface area contributed by atoms with Gasteiger partial charge >= 0.3 is 6.03 Å². The summed E-state index contributed by atoms with van der Waals surface area (Å²) in [6.07, 6.45) is 0. The third-order valence-electron chi connectivity index (χ3n) is 5.01. The summed E-state index contributed by atoms with van der Waals surface area (Å²) in [4.78, 5) is 16.7. The number of methoxy groups -OCH3 is 1. The maximum absolute atomic E-state index is 12.6. The predicted octanol–water partition coefficient (Wildman–Crippen LogP) is 4.35. The SMILES string of the molecule is COc1ccc(N2CCN(C(=O)Nc3ccc(C(C)(C)C)cc3)CC2)cc1. The molecule has 2 amide bonds. The minimum atomic E-state index is -0.0344. The van der Waals surface area contributed by atoms with E-state index in [1.807, 2.05) is 29.2 Å². The Hall–Kier alpha value is -2.69. The Kier molecular flexibility index (Phi) is 5.59. The number of carbonyl (C=O) groups is 1. The molecule has 1 N–H and O–H groups in total. The van der Waals surface area contributed by atoms with E-state index in [4.69, 9.17) is 4.74 Å². The van der Waals surface area contributed by atoms with Gasteiger partial charge in [-0.2, -0.15) is 0 Å². The number of carbonyl (C=O) groups excluding carboxylic acids is 1. The number of urea groups is 1. The summed E-state index contributed by atoms with van der Waals surface area (Å²) in [7, 11) is 1.67. The highest BCUT2D eigenvalue weighted by Gasteiger charge is 2.21. The van der Waals surface area contributed by atoms with Crippen molar-refractivity contribution in [3.63, 3.8) is 0 Å². The lowest BCUT2D eigenvalue weighted by Gasteiger charge is -2.36. The van der Waals surface area contributed by atoms with Gasteiger partial charge < -0.3 is 19.9 Å². The average Bonchev–Trinajstić information content (AvgIpc) is 2.68. The highest BCUT2D eigenvalue weighted by molar-refractivity contribution is 5.89. The van der Waals surface area contributed by atoms with Crippen molar-refractivity contribution in [3.8, 4) is 5.75 Å². The first kappa shape index (κ1) is 19.1. The fraction of sp³-hybridized carbons (Fsp3) is 0.409. The highest BCUT2D eigenvalue weighted by Crippen LogP contribution is 2.24. The van der Waals surface area contributed by atoms with Crippen molar-refractivity contribution < 1.29 is 9.53 Å². The lowest BCUT2D eigenvalue weighted by molar-refractivity contribution is 0.208. The van der Waals surface area contributed by atoms with Crippen molar-refractivity contribution in [2.75, 3.05) is 43.5 Å². The van der Waals surface area contributed by atoms with Crippen molar-refractivity contribution in [2.45, 2.75) is 26.2 Å². The summed E-state index contributed by atoms with van der Waals surface area (Å²) in [5, 5.41) is 3.01. The maximum atomic E-state index is 12.6. The second-order valence-corrected chi connectivity index (χ2v) is 7.93. The summed E-state index contributed by atoms with van der Waals surface area (Å²) < 4.78 is 5.21. The number of ether oxygens (including phenoxy) is 1. The number of amides is 2. The van der Waals surface area contributed by atoms with E-state index in [-0.39, 0.29) is 11.4 Å². The zero-order valence-corrected chi connectivity index (χ0v) is 16.7. The molecule has 5 heteroatoms. The second kappa shape index (κ2) is 7.91. The zero-order valence-electron chi connectivity index (χ0n) is 16.7. The molecule has 3 rings (SSSR count). The Morgan fingerprint density at radius 1 is 0.926 bits per heavy atom. The first-order chi connectivity index (χ1) is 12.9. The molecule has 0 spiro atoms. The number of rotatable bonds is 3. The molecule has 2 aromatic rings. The topological polar surface area (TPSA) is 44.8 Å². The van der Waals surface area contributed by atoms with Gasteiger partial charge in [-0.05, 0) is 47.4 Å². The van der Waals surface area contributed by atoms with Crippen LogP contribution in [0.3, 0.4) is 0 Å². The monoisotopic (exact) mass is 367 g/mol. The smallest absolute Gasteiger partial charge is 0.321 e. The fourth-order valence-corrected chi connectivity index (χ4v) is 3.22. The van der Waals surface area contributed by atoms with Gasteiger partial charge in [0.1, 0.15) is 5.75 Å². The molecule has 1 saturated heterocycles. The number of piperazine rings is 1. The highest BCUT2D eigenvalue weighted by atomic mass is 16.5. The lowest BCUT2D eigenvalue weighted by Crippen LogP contribution is -2.50. The van der Waals surface area contributed by atoms with Gasteiger partial charge in [0.05, 0.1) is 7.11 Å². The van der Waals surface area contributed by atoms with E-state index in [1.165, 1.54) is 5.56 Å². The number of hydrogen-bond donors (Lipinski definition) is 1. The minimum absolute atomic E-state index is 0.0344. The van der Waals surface area contributed by atoms with Gasteiger partial charge in [-0.25, -0.2) is 4.79 Å². The van der Waals surface area contributed by atoms with Crippen LogP contribution in [0.5, 0.6) is 5.75 Å². The van der Waals surface area contributed by atoms with Gasteiger partial charge in [-0.3, -0.25) is 0 Å². The van der Waals surface area contributed by atoms with Crippen LogP contribution in [0.2, 0.25) is 0 Å². The van der Waals surface area contributed by atoms with Crippen LogP contribution in [-0.2, 0) is 5.41 Å². The predicted molar refractivity (Wildman–Crippen MR) is 111 cm³/mol. The molecule has 1 aliphatic rings. The summed E-state index contributed by atoms with van der Waals surface area (Å²) in [5.74, 6) is 0.856. The van der Waals surface area contributed by atoms with Crippen molar-refractivity contribution in [1.29, 1.82) is 0 Å². The first-order valence-corrected chi connectivity index (χ1v) is 9.42. The molecule has 0 atom stereocenters. The fourth-order valence-electron chi connectivity index (χ4n) is 3.22. The average molecular weight is 367 g/mol. The largest absolute Gasteiger partial charge is 0.497 e. The molecular weight excluding hydrogens is 338 g/mol. The Bertz CT molecular complexity index is 756. The van der Waals surface area contributed by atoms with Gasteiger partial charge in [0, 0.05) is 37.6 Å². The van der Waals surface area contributed by atoms with Crippen molar-refractivity contribution in [2.24, 2.45) is 0 Å². The van der Waals surface area contributed by atoms with Crippen molar-refractivity contribution in [1.82, 2.24) is 4.90 Å². The summed E-state index contributed by atoms with van der Waals surface area (Å²) in [6, 6.07) is 16.1. The maximum Gasteiger partial charge on any atom is 0.321 e. The van der Waals surface area contributed by atoms with Gasteiger partial charge in [0.25, 0.3) is 0 Å². The molecular formula is C22H29N3O2. The zero-order chi connectivity index (χ0) is 19.4. The van der Waals surface area contributed by atoms with Crippen LogP contribution < -0.4 is 15.0 Å². The molecule has 0 bridgehead atoms. The first-order valence-electron chi connectivity index (χ1n) is 9.42. The molecule has 27 heavy (non-hydrogen) atoms. The molecule has 1 aliphatic heterocycles. The van der Waals surface area contributed by atoms with Gasteiger partial charge in [0.2, 0.25) is 0 Å². The van der Waals surface area contributed by atoms with E-state index in [0.717, 1.165) is 30.2 Å². The van der Waals surface area contributed by atoms with E-state index in [9.17, 15) is 4.79 Å². The molecule has 2 aromatic carbocycles. The van der Waals surface area contributed by atoms with Crippen LogP contribution in [-0.4, -0.2) is 44.2 Å². The number of nitrogens with zero attached hydrogens (tertiary/aromatic N) is 2. The van der Waals surface area contributed by atoms with Gasteiger partial charge in [-0.15, -0.1) is 0 Å². The van der Waals surface area contributed by atoms with Crippen LogP contribution >= 0.6 is 0 Å². The quantitative estimate of drug-likeness (QED) is 0.877. The molecule has 1 fully saturated rings. The molecule has 0 saturated carbocycles. The van der Waals surface area contributed by atoms with Crippen LogP contribution in [0.15, 0.2) is 48.5 Å². The Morgan fingerprint density at radius 3 is 2.04 bits per heavy atom. The molecule has 1 heterocycles.